The zero-order valence-corrected chi connectivity index (χ0v) is 12.9. The lowest BCUT2D eigenvalue weighted by Crippen LogP contribution is -2.10. The third kappa shape index (κ3) is 3.68. The minimum atomic E-state index is -0.254. The molecule has 1 aromatic carbocycles. The van der Waals surface area contributed by atoms with Gasteiger partial charge in [0.05, 0.1) is 0 Å². The molecule has 0 fully saturated rings. The van der Waals surface area contributed by atoms with Crippen LogP contribution in [0, 0.1) is 12.7 Å². The van der Waals surface area contributed by atoms with Gasteiger partial charge in [0.1, 0.15) is 23.3 Å². The molecule has 0 bridgehead atoms. The number of aromatic nitrogens is 2. The fraction of sp³-hybridized carbons (Fsp3) is 0.375. The van der Waals surface area contributed by atoms with Gasteiger partial charge in [-0.2, -0.15) is 0 Å². The average Bonchev–Trinajstić information content (AvgIpc) is 2.45. The van der Waals surface area contributed by atoms with E-state index in [1.165, 1.54) is 12.1 Å². The maximum absolute atomic E-state index is 13.0. The summed E-state index contributed by atoms with van der Waals surface area (Å²) in [5.41, 5.74) is 1.75. The minimum absolute atomic E-state index is 0.233. The summed E-state index contributed by atoms with van der Waals surface area (Å²) < 4.78 is 13.0. The van der Waals surface area contributed by atoms with E-state index in [2.05, 4.69) is 34.4 Å². The molecule has 0 aliphatic rings. The van der Waals surface area contributed by atoms with Crippen LogP contribution in [0.4, 0.5) is 21.7 Å². The lowest BCUT2D eigenvalue weighted by Gasteiger charge is -2.16. The van der Waals surface area contributed by atoms with Gasteiger partial charge in [-0.1, -0.05) is 13.8 Å². The predicted molar refractivity (Wildman–Crippen MR) is 84.7 cm³/mol. The van der Waals surface area contributed by atoms with Crippen LogP contribution in [0.3, 0.4) is 0 Å². The zero-order chi connectivity index (χ0) is 15.4. The minimum Gasteiger partial charge on any atom is -0.370 e. The fourth-order valence-corrected chi connectivity index (χ4v) is 1.92. The molecular weight excluding hydrogens is 267 g/mol. The number of hydrogen-bond acceptors (Lipinski definition) is 4. The van der Waals surface area contributed by atoms with Gasteiger partial charge in [-0.05, 0) is 38.1 Å². The predicted octanol–water partition coefficient (Wildman–Crippen LogP) is 4.22. The Labute approximate surface area is 124 Å². The second-order valence-electron chi connectivity index (χ2n) is 5.22. The second kappa shape index (κ2) is 6.52. The Bertz CT molecular complexity index is 608. The number of nitrogens with one attached hydrogen (secondary N) is 2. The largest absolute Gasteiger partial charge is 0.370 e. The highest BCUT2D eigenvalue weighted by Crippen LogP contribution is 2.25. The second-order valence-corrected chi connectivity index (χ2v) is 5.22. The Morgan fingerprint density at radius 2 is 1.71 bits per heavy atom. The van der Waals surface area contributed by atoms with E-state index in [0.717, 1.165) is 35.3 Å². The topological polar surface area (TPSA) is 49.8 Å². The molecule has 0 saturated heterocycles. The smallest absolute Gasteiger partial charge is 0.139 e. The van der Waals surface area contributed by atoms with Crippen molar-refractivity contribution in [3.8, 4) is 0 Å². The van der Waals surface area contributed by atoms with Crippen LogP contribution in [-0.4, -0.2) is 16.5 Å². The Morgan fingerprint density at radius 1 is 1.10 bits per heavy atom. The molecule has 2 N–H and O–H groups in total. The summed E-state index contributed by atoms with van der Waals surface area (Å²) >= 11 is 0. The number of benzene rings is 1. The summed E-state index contributed by atoms with van der Waals surface area (Å²) in [4.78, 5) is 9.13. The maximum atomic E-state index is 13.0. The van der Waals surface area contributed by atoms with Crippen molar-refractivity contribution >= 4 is 17.3 Å². The van der Waals surface area contributed by atoms with Crippen molar-refractivity contribution < 1.29 is 4.39 Å². The van der Waals surface area contributed by atoms with Crippen LogP contribution in [0.1, 0.15) is 38.1 Å². The van der Waals surface area contributed by atoms with Gasteiger partial charge in [0, 0.05) is 23.7 Å². The molecule has 0 spiro atoms. The molecule has 5 heteroatoms. The van der Waals surface area contributed by atoms with Crippen LogP contribution < -0.4 is 10.6 Å². The van der Waals surface area contributed by atoms with E-state index < -0.39 is 0 Å². The highest BCUT2D eigenvalue weighted by Gasteiger charge is 2.13. The Kier molecular flexibility index (Phi) is 4.73. The van der Waals surface area contributed by atoms with Crippen LogP contribution in [-0.2, 0) is 0 Å². The SMILES string of the molecule is CCNc1nc(C(C)C)nc(Nc2ccc(F)cc2)c1C. The van der Waals surface area contributed by atoms with Gasteiger partial charge >= 0.3 is 0 Å². The molecule has 0 saturated carbocycles. The van der Waals surface area contributed by atoms with Crippen molar-refractivity contribution in [3.63, 3.8) is 0 Å². The molecule has 112 valence electrons. The maximum Gasteiger partial charge on any atom is 0.139 e. The Hall–Kier alpha value is -2.17. The van der Waals surface area contributed by atoms with Crippen LogP contribution in [0.25, 0.3) is 0 Å². The van der Waals surface area contributed by atoms with Crippen LogP contribution in [0.2, 0.25) is 0 Å². The molecule has 0 amide bonds. The number of rotatable bonds is 5. The van der Waals surface area contributed by atoms with Gasteiger partial charge < -0.3 is 10.6 Å². The first-order valence-electron chi connectivity index (χ1n) is 7.16. The monoisotopic (exact) mass is 288 g/mol. The Balaban J connectivity index is 2.38. The molecule has 2 rings (SSSR count). The number of nitrogens with zero attached hydrogens (tertiary/aromatic N) is 2. The van der Waals surface area contributed by atoms with Crippen molar-refractivity contribution in [1.29, 1.82) is 0 Å². The van der Waals surface area contributed by atoms with Crippen molar-refractivity contribution in [2.24, 2.45) is 0 Å². The lowest BCUT2D eigenvalue weighted by atomic mass is 10.2. The number of hydrogen-bond donors (Lipinski definition) is 2. The summed E-state index contributed by atoms with van der Waals surface area (Å²) in [6, 6.07) is 6.23. The van der Waals surface area contributed by atoms with Crippen molar-refractivity contribution in [3.05, 3.63) is 41.5 Å². The van der Waals surface area contributed by atoms with E-state index in [1.54, 1.807) is 12.1 Å². The fourth-order valence-electron chi connectivity index (χ4n) is 1.92. The average molecular weight is 288 g/mol. The molecule has 0 aliphatic carbocycles. The third-order valence-electron chi connectivity index (χ3n) is 3.13. The molecule has 0 aliphatic heterocycles. The summed E-state index contributed by atoms with van der Waals surface area (Å²) in [6.07, 6.45) is 0. The van der Waals surface area contributed by atoms with Crippen LogP contribution in [0.5, 0.6) is 0 Å². The highest BCUT2D eigenvalue weighted by atomic mass is 19.1. The zero-order valence-electron chi connectivity index (χ0n) is 12.9. The quantitative estimate of drug-likeness (QED) is 0.864. The van der Waals surface area contributed by atoms with Gasteiger partial charge in [-0.15, -0.1) is 0 Å². The first-order valence-corrected chi connectivity index (χ1v) is 7.16. The van der Waals surface area contributed by atoms with E-state index in [0.29, 0.717) is 0 Å². The van der Waals surface area contributed by atoms with E-state index in [4.69, 9.17) is 0 Å². The van der Waals surface area contributed by atoms with Crippen molar-refractivity contribution in [2.75, 3.05) is 17.2 Å². The van der Waals surface area contributed by atoms with E-state index >= 15 is 0 Å². The van der Waals surface area contributed by atoms with Gasteiger partial charge in [0.15, 0.2) is 0 Å². The van der Waals surface area contributed by atoms with Crippen LogP contribution >= 0.6 is 0 Å². The summed E-state index contributed by atoms with van der Waals surface area (Å²) in [5, 5.41) is 6.49. The van der Waals surface area contributed by atoms with E-state index in [-0.39, 0.29) is 11.7 Å². The molecule has 0 atom stereocenters. The lowest BCUT2D eigenvalue weighted by molar-refractivity contribution is 0.628. The third-order valence-corrected chi connectivity index (χ3v) is 3.13. The van der Waals surface area contributed by atoms with Crippen LogP contribution in [0.15, 0.2) is 24.3 Å². The molecular formula is C16H21FN4. The van der Waals surface area contributed by atoms with E-state index in [1.807, 2.05) is 13.8 Å². The highest BCUT2D eigenvalue weighted by molar-refractivity contribution is 5.64. The van der Waals surface area contributed by atoms with Gasteiger partial charge in [-0.25, -0.2) is 14.4 Å². The van der Waals surface area contributed by atoms with E-state index in [9.17, 15) is 4.39 Å². The molecule has 0 unspecified atom stereocenters. The van der Waals surface area contributed by atoms with Gasteiger partial charge in [0.25, 0.3) is 0 Å². The molecule has 2 aromatic rings. The molecule has 0 radical (unpaired) electrons. The molecule has 1 aromatic heterocycles. The molecule has 4 nitrogen and oxygen atoms in total. The normalized spacial score (nSPS) is 10.8. The molecule has 21 heavy (non-hydrogen) atoms. The van der Waals surface area contributed by atoms with Crippen molar-refractivity contribution in [2.45, 2.75) is 33.6 Å². The summed E-state index contributed by atoms with van der Waals surface area (Å²) in [5.74, 6) is 2.34. The standard InChI is InChI=1S/C16H21FN4/c1-5-18-15-11(4)16(21-14(20-15)10(2)3)19-13-8-6-12(17)7-9-13/h6-10H,5H2,1-4H3,(H2,18,19,20,21). The van der Waals surface area contributed by atoms with Gasteiger partial charge in [0.2, 0.25) is 0 Å². The first kappa shape index (κ1) is 15.2. The Morgan fingerprint density at radius 3 is 2.29 bits per heavy atom. The number of halogens is 1. The summed E-state index contributed by atoms with van der Waals surface area (Å²) in [7, 11) is 0. The molecule has 1 heterocycles. The first-order chi connectivity index (χ1) is 10.0. The van der Waals surface area contributed by atoms with Crippen molar-refractivity contribution in [1.82, 2.24) is 9.97 Å². The summed E-state index contributed by atoms with van der Waals surface area (Å²) in [6.45, 7) is 8.91. The number of anilines is 3. The van der Waals surface area contributed by atoms with Gasteiger partial charge in [-0.3, -0.25) is 0 Å².